The van der Waals surface area contributed by atoms with E-state index in [1.54, 1.807) is 6.26 Å². The Kier molecular flexibility index (Phi) is 9.42. The average molecular weight is 281 g/mol. The van der Waals surface area contributed by atoms with Gasteiger partial charge in [0.1, 0.15) is 12.4 Å². The highest BCUT2D eigenvalue weighted by atomic mass is 16.5. The van der Waals surface area contributed by atoms with Gasteiger partial charge in [0, 0.05) is 12.1 Å². The zero-order valence-corrected chi connectivity index (χ0v) is 13.4. The Labute approximate surface area is 124 Å². The summed E-state index contributed by atoms with van der Waals surface area (Å²) in [5.41, 5.74) is 1.22. The Morgan fingerprint density at radius 3 is 2.80 bits per heavy atom. The quantitative estimate of drug-likeness (QED) is 0.566. The van der Waals surface area contributed by atoms with E-state index in [4.69, 9.17) is 9.15 Å². The minimum Gasteiger partial charge on any atom is -0.467 e. The molecule has 1 rings (SSSR count). The molecule has 116 valence electrons. The summed E-state index contributed by atoms with van der Waals surface area (Å²) in [5, 5.41) is 3.40. The molecular formula is C17H31NO2. The van der Waals surface area contributed by atoms with Crippen molar-refractivity contribution in [3.8, 4) is 0 Å². The molecule has 0 amide bonds. The third-order valence-electron chi connectivity index (χ3n) is 3.54. The van der Waals surface area contributed by atoms with E-state index in [1.807, 2.05) is 6.07 Å². The van der Waals surface area contributed by atoms with E-state index in [0.29, 0.717) is 12.7 Å². The van der Waals surface area contributed by atoms with E-state index in [0.717, 1.165) is 31.7 Å². The highest BCUT2D eigenvalue weighted by Crippen LogP contribution is 2.15. The number of rotatable bonds is 12. The summed E-state index contributed by atoms with van der Waals surface area (Å²) in [6.45, 7) is 9.07. The van der Waals surface area contributed by atoms with Crippen molar-refractivity contribution in [1.82, 2.24) is 5.32 Å². The summed E-state index contributed by atoms with van der Waals surface area (Å²) in [6, 6.07) is 2.03. The van der Waals surface area contributed by atoms with Gasteiger partial charge in [-0.3, -0.25) is 0 Å². The van der Waals surface area contributed by atoms with Crippen LogP contribution in [0.3, 0.4) is 0 Å². The molecule has 1 N–H and O–H groups in total. The number of ether oxygens (including phenoxy) is 1. The molecule has 1 aromatic heterocycles. The van der Waals surface area contributed by atoms with E-state index < -0.39 is 0 Å². The molecule has 3 nitrogen and oxygen atoms in total. The van der Waals surface area contributed by atoms with Crippen LogP contribution in [0.1, 0.15) is 70.6 Å². The second-order valence-corrected chi connectivity index (χ2v) is 5.52. The van der Waals surface area contributed by atoms with Crippen LogP contribution in [-0.2, 0) is 17.9 Å². The molecule has 0 bridgehead atoms. The molecule has 20 heavy (non-hydrogen) atoms. The Morgan fingerprint density at radius 2 is 2.05 bits per heavy atom. The fourth-order valence-electron chi connectivity index (χ4n) is 2.21. The summed E-state index contributed by atoms with van der Waals surface area (Å²) in [7, 11) is 0. The first-order valence-electron chi connectivity index (χ1n) is 8.15. The molecule has 0 saturated carbocycles. The van der Waals surface area contributed by atoms with Gasteiger partial charge in [-0.2, -0.15) is 0 Å². The Morgan fingerprint density at radius 1 is 1.20 bits per heavy atom. The van der Waals surface area contributed by atoms with Crippen LogP contribution in [0.15, 0.2) is 16.7 Å². The third kappa shape index (κ3) is 7.11. The molecule has 0 saturated heterocycles. The Hall–Kier alpha value is -0.800. The van der Waals surface area contributed by atoms with Crippen LogP contribution in [0.25, 0.3) is 0 Å². The maximum atomic E-state index is 5.89. The van der Waals surface area contributed by atoms with Crippen LogP contribution in [0.2, 0.25) is 0 Å². The molecule has 0 aliphatic heterocycles. The highest BCUT2D eigenvalue weighted by molar-refractivity contribution is 5.16. The normalized spacial score (nSPS) is 12.8. The molecule has 3 heteroatoms. The van der Waals surface area contributed by atoms with Crippen LogP contribution in [0, 0.1) is 0 Å². The van der Waals surface area contributed by atoms with Crippen LogP contribution in [-0.4, -0.2) is 12.6 Å². The fourth-order valence-corrected chi connectivity index (χ4v) is 2.21. The molecule has 1 unspecified atom stereocenters. The van der Waals surface area contributed by atoms with Gasteiger partial charge in [0.15, 0.2) is 0 Å². The largest absolute Gasteiger partial charge is 0.467 e. The lowest BCUT2D eigenvalue weighted by Crippen LogP contribution is -2.15. The number of furan rings is 1. The Balaban J connectivity index is 2.21. The van der Waals surface area contributed by atoms with Gasteiger partial charge in [-0.15, -0.1) is 0 Å². The van der Waals surface area contributed by atoms with Crippen LogP contribution in [0.4, 0.5) is 0 Å². The molecule has 0 fully saturated rings. The lowest BCUT2D eigenvalue weighted by molar-refractivity contribution is 0.0355. The lowest BCUT2D eigenvalue weighted by Gasteiger charge is -2.12. The third-order valence-corrected chi connectivity index (χ3v) is 3.54. The second-order valence-electron chi connectivity index (χ2n) is 5.52. The molecule has 0 radical (unpaired) electrons. The molecule has 0 spiro atoms. The van der Waals surface area contributed by atoms with Crippen LogP contribution in [0.5, 0.6) is 0 Å². The van der Waals surface area contributed by atoms with Gasteiger partial charge in [-0.25, -0.2) is 0 Å². The van der Waals surface area contributed by atoms with E-state index in [1.165, 1.54) is 31.2 Å². The summed E-state index contributed by atoms with van der Waals surface area (Å²) in [5.74, 6) is 0.967. The first-order chi connectivity index (χ1) is 9.77. The van der Waals surface area contributed by atoms with Gasteiger partial charge in [-0.1, -0.05) is 39.5 Å². The first kappa shape index (κ1) is 17.3. The smallest absolute Gasteiger partial charge is 0.133 e. The summed E-state index contributed by atoms with van der Waals surface area (Å²) in [4.78, 5) is 0. The van der Waals surface area contributed by atoms with Crippen molar-refractivity contribution in [3.05, 3.63) is 23.7 Å². The van der Waals surface area contributed by atoms with Crippen LogP contribution >= 0.6 is 0 Å². The molecule has 0 aliphatic rings. The van der Waals surface area contributed by atoms with E-state index in [-0.39, 0.29) is 0 Å². The monoisotopic (exact) mass is 281 g/mol. The maximum Gasteiger partial charge on any atom is 0.133 e. The van der Waals surface area contributed by atoms with Gasteiger partial charge in [-0.05, 0) is 32.4 Å². The number of hydrogen-bond donors (Lipinski definition) is 1. The average Bonchev–Trinajstić information content (AvgIpc) is 2.89. The molecule has 1 atom stereocenters. The summed E-state index contributed by atoms with van der Waals surface area (Å²) >= 11 is 0. The van der Waals surface area contributed by atoms with Crippen molar-refractivity contribution in [2.24, 2.45) is 0 Å². The predicted molar refractivity (Wildman–Crippen MR) is 83.7 cm³/mol. The van der Waals surface area contributed by atoms with Gasteiger partial charge in [0.2, 0.25) is 0 Å². The van der Waals surface area contributed by atoms with Crippen molar-refractivity contribution in [1.29, 1.82) is 0 Å². The molecule has 0 aliphatic carbocycles. The summed E-state index contributed by atoms with van der Waals surface area (Å²) in [6.07, 6.45) is 9.56. The summed E-state index contributed by atoms with van der Waals surface area (Å²) < 4.78 is 11.4. The Bertz CT molecular complexity index is 335. The van der Waals surface area contributed by atoms with Gasteiger partial charge in [0.05, 0.1) is 12.4 Å². The van der Waals surface area contributed by atoms with E-state index in [2.05, 4.69) is 26.1 Å². The molecule has 1 heterocycles. The SMILES string of the molecule is CCCCCCC(C)OCc1occc1CNCCC. The van der Waals surface area contributed by atoms with Crippen molar-refractivity contribution < 1.29 is 9.15 Å². The van der Waals surface area contributed by atoms with Crippen molar-refractivity contribution >= 4 is 0 Å². The zero-order chi connectivity index (χ0) is 14.6. The zero-order valence-electron chi connectivity index (χ0n) is 13.4. The molecule has 1 aromatic rings. The minimum absolute atomic E-state index is 0.313. The molecular weight excluding hydrogens is 250 g/mol. The first-order valence-corrected chi connectivity index (χ1v) is 8.15. The van der Waals surface area contributed by atoms with Crippen molar-refractivity contribution in [2.45, 2.75) is 78.6 Å². The maximum absolute atomic E-state index is 5.89. The second kappa shape index (κ2) is 10.9. The number of unbranched alkanes of at least 4 members (excludes halogenated alkanes) is 3. The lowest BCUT2D eigenvalue weighted by atomic mass is 10.1. The van der Waals surface area contributed by atoms with Crippen molar-refractivity contribution in [2.75, 3.05) is 6.54 Å². The fraction of sp³-hybridized carbons (Fsp3) is 0.765. The van der Waals surface area contributed by atoms with Gasteiger partial charge in [0.25, 0.3) is 0 Å². The van der Waals surface area contributed by atoms with Gasteiger partial charge >= 0.3 is 0 Å². The van der Waals surface area contributed by atoms with E-state index >= 15 is 0 Å². The minimum atomic E-state index is 0.313. The highest BCUT2D eigenvalue weighted by Gasteiger charge is 2.09. The predicted octanol–water partition coefficient (Wildman–Crippen LogP) is 4.65. The standard InChI is InChI=1S/C17H31NO2/c1-4-6-7-8-9-15(3)20-14-17-16(10-12-19-17)13-18-11-5-2/h10,12,15,18H,4-9,11,13-14H2,1-3H3. The van der Waals surface area contributed by atoms with Crippen molar-refractivity contribution in [3.63, 3.8) is 0 Å². The molecule has 0 aromatic carbocycles. The number of hydrogen-bond acceptors (Lipinski definition) is 3. The number of nitrogens with one attached hydrogen (secondary N) is 1. The topological polar surface area (TPSA) is 34.4 Å². The van der Waals surface area contributed by atoms with Gasteiger partial charge < -0.3 is 14.5 Å². The van der Waals surface area contributed by atoms with E-state index in [9.17, 15) is 0 Å². The van der Waals surface area contributed by atoms with Crippen LogP contribution < -0.4 is 5.32 Å².